The molecule has 3 atom stereocenters. The van der Waals surface area contributed by atoms with Gasteiger partial charge in [0, 0.05) is 28.8 Å². The molecule has 2 heterocycles. The fourth-order valence-electron chi connectivity index (χ4n) is 5.90. The monoisotopic (exact) mass is 537 g/mol. The first-order valence-electron chi connectivity index (χ1n) is 12.8. The number of pyridine rings is 1. The molecule has 38 heavy (non-hydrogen) atoms. The number of aryl methyl sites for hydroxylation is 1. The van der Waals surface area contributed by atoms with Gasteiger partial charge in [-0.2, -0.15) is 0 Å². The number of hydrogen-bond acceptors (Lipinski definition) is 6. The minimum Gasteiger partial charge on any atom is -0.489 e. The average molecular weight is 538 g/mol. The lowest BCUT2D eigenvalue weighted by Gasteiger charge is -2.23. The highest BCUT2D eigenvalue weighted by Gasteiger charge is 2.59. The third-order valence-electron chi connectivity index (χ3n) is 7.98. The van der Waals surface area contributed by atoms with Gasteiger partial charge in [-0.15, -0.1) is 0 Å². The summed E-state index contributed by atoms with van der Waals surface area (Å²) in [7, 11) is -2.96. The van der Waals surface area contributed by atoms with E-state index in [9.17, 15) is 22.7 Å². The summed E-state index contributed by atoms with van der Waals surface area (Å²) in [4.78, 5) is 15.9. The van der Waals surface area contributed by atoms with Gasteiger partial charge < -0.3 is 14.6 Å². The van der Waals surface area contributed by atoms with Crippen LogP contribution in [-0.4, -0.2) is 42.1 Å². The van der Waals surface area contributed by atoms with E-state index in [0.717, 1.165) is 34.4 Å². The summed E-state index contributed by atoms with van der Waals surface area (Å²) in [5, 5.41) is 9.30. The van der Waals surface area contributed by atoms with E-state index in [4.69, 9.17) is 9.47 Å². The highest BCUT2D eigenvalue weighted by molar-refractivity contribution is 7.91. The zero-order valence-electron chi connectivity index (χ0n) is 20.9. The van der Waals surface area contributed by atoms with E-state index in [2.05, 4.69) is 4.98 Å². The Morgan fingerprint density at radius 3 is 2.63 bits per heavy atom. The van der Waals surface area contributed by atoms with Crippen LogP contribution in [0.15, 0.2) is 48.5 Å². The van der Waals surface area contributed by atoms with Crippen molar-refractivity contribution in [2.24, 2.45) is 11.8 Å². The molecule has 2 aromatic carbocycles. The minimum absolute atomic E-state index is 0.0569. The van der Waals surface area contributed by atoms with Crippen molar-refractivity contribution in [2.75, 3.05) is 11.5 Å². The van der Waals surface area contributed by atoms with Gasteiger partial charge in [-0.3, -0.25) is 4.79 Å². The van der Waals surface area contributed by atoms with Crippen molar-refractivity contribution in [1.82, 2.24) is 4.98 Å². The van der Waals surface area contributed by atoms with Crippen molar-refractivity contribution in [3.05, 3.63) is 76.7 Å². The van der Waals surface area contributed by atoms with Crippen molar-refractivity contribution < 1.29 is 32.2 Å². The molecular formula is C29H28FNO6S. The Hall–Kier alpha value is -3.46. The van der Waals surface area contributed by atoms with Crippen LogP contribution in [0.3, 0.4) is 0 Å². The van der Waals surface area contributed by atoms with Crippen molar-refractivity contribution in [3.63, 3.8) is 0 Å². The topological polar surface area (TPSA) is 103 Å². The number of nitrogens with zero attached hydrogens (tertiary/aromatic N) is 1. The molecule has 0 amide bonds. The molecule has 0 bridgehead atoms. The van der Waals surface area contributed by atoms with E-state index in [-0.39, 0.29) is 47.8 Å². The molecule has 1 N–H and O–H groups in total. The average Bonchev–Trinajstić information content (AvgIpc) is 3.47. The van der Waals surface area contributed by atoms with Crippen LogP contribution >= 0.6 is 0 Å². The van der Waals surface area contributed by atoms with E-state index in [0.29, 0.717) is 30.0 Å². The summed E-state index contributed by atoms with van der Waals surface area (Å²) in [5.74, 6) is 0.281. The minimum atomic E-state index is -2.96. The van der Waals surface area contributed by atoms with E-state index >= 15 is 0 Å². The molecule has 0 radical (unpaired) electrons. The Morgan fingerprint density at radius 2 is 1.89 bits per heavy atom. The van der Waals surface area contributed by atoms with Crippen LogP contribution in [0.5, 0.6) is 11.6 Å². The number of carbonyl (C=O) groups is 1. The molecule has 1 saturated heterocycles. The van der Waals surface area contributed by atoms with Gasteiger partial charge in [0.2, 0.25) is 5.88 Å². The normalized spacial score (nSPS) is 23.4. The third kappa shape index (κ3) is 4.75. The predicted octanol–water partition coefficient (Wildman–Crippen LogP) is 4.70. The second-order valence-electron chi connectivity index (χ2n) is 10.5. The van der Waals surface area contributed by atoms with Crippen molar-refractivity contribution in [2.45, 2.75) is 44.8 Å². The maximum atomic E-state index is 14.6. The Labute approximate surface area is 220 Å². The second-order valence-corrected chi connectivity index (χ2v) is 12.8. The number of ether oxygens (including phenoxy) is 2. The molecule has 0 spiro atoms. The van der Waals surface area contributed by atoms with Gasteiger partial charge >= 0.3 is 5.97 Å². The molecule has 7 nitrogen and oxygen atoms in total. The number of fused-ring (bicyclic) bond motifs is 3. The number of hydrogen-bond donors (Lipinski definition) is 1. The lowest BCUT2D eigenvalue weighted by Crippen LogP contribution is -2.30. The van der Waals surface area contributed by atoms with E-state index in [1.807, 2.05) is 31.2 Å². The number of carboxylic acids is 1. The lowest BCUT2D eigenvalue weighted by atomic mass is 10.0. The maximum Gasteiger partial charge on any atom is 0.307 e. The fraction of sp³-hybridized carbons (Fsp3) is 0.379. The second kappa shape index (κ2) is 9.38. The van der Waals surface area contributed by atoms with Crippen LogP contribution < -0.4 is 9.47 Å². The summed E-state index contributed by atoms with van der Waals surface area (Å²) in [6.07, 6.45) is 1.49. The Bertz CT molecular complexity index is 1520. The van der Waals surface area contributed by atoms with E-state index in [1.165, 1.54) is 6.07 Å². The third-order valence-corrected chi connectivity index (χ3v) is 9.70. The van der Waals surface area contributed by atoms with Crippen LogP contribution in [0, 0.1) is 24.6 Å². The molecule has 3 aliphatic rings. The highest BCUT2D eigenvalue weighted by atomic mass is 32.2. The summed E-state index contributed by atoms with van der Waals surface area (Å²) >= 11 is 0. The van der Waals surface area contributed by atoms with Crippen molar-refractivity contribution in [1.29, 1.82) is 0 Å². The van der Waals surface area contributed by atoms with E-state index in [1.54, 1.807) is 18.2 Å². The van der Waals surface area contributed by atoms with Gasteiger partial charge in [0.25, 0.3) is 0 Å². The van der Waals surface area contributed by atoms with Gasteiger partial charge in [-0.1, -0.05) is 12.1 Å². The summed E-state index contributed by atoms with van der Waals surface area (Å²) < 4.78 is 49.8. The quantitative estimate of drug-likeness (QED) is 0.466. The molecule has 1 aromatic heterocycles. The largest absolute Gasteiger partial charge is 0.489 e. The van der Waals surface area contributed by atoms with Crippen LogP contribution in [0.1, 0.15) is 41.1 Å². The number of rotatable bonds is 7. The number of sulfone groups is 1. The van der Waals surface area contributed by atoms with Crippen LogP contribution in [-0.2, 0) is 27.7 Å². The molecule has 198 valence electrons. The Balaban J connectivity index is 1.13. The molecule has 3 aromatic rings. The highest BCUT2D eigenvalue weighted by Crippen LogP contribution is 2.61. The SMILES string of the molecule is Cc1nc(OC2CCS(=O)(=O)CC2)ccc1-c1ccc(F)c(COc2ccc3c(c2)C[C@H]2[C@H](C(=O)O)[C@@H]32)c1. The molecule has 9 heteroatoms. The first kappa shape index (κ1) is 24.9. The zero-order chi connectivity index (χ0) is 26.6. The number of aliphatic carboxylic acids is 1. The molecule has 0 unspecified atom stereocenters. The van der Waals surface area contributed by atoms with Gasteiger partial charge in [0.15, 0.2) is 9.84 Å². The van der Waals surface area contributed by atoms with Gasteiger partial charge in [0.1, 0.15) is 24.3 Å². The maximum absolute atomic E-state index is 14.6. The molecular weight excluding hydrogens is 509 g/mol. The zero-order valence-corrected chi connectivity index (χ0v) is 21.7. The first-order chi connectivity index (χ1) is 18.2. The number of benzene rings is 2. The van der Waals surface area contributed by atoms with Crippen LogP contribution in [0.4, 0.5) is 4.39 Å². The Kier molecular flexibility index (Phi) is 6.13. The molecule has 6 rings (SSSR count). The summed E-state index contributed by atoms with van der Waals surface area (Å²) in [6, 6.07) is 14.2. The Morgan fingerprint density at radius 1 is 1.11 bits per heavy atom. The molecule has 1 aliphatic heterocycles. The number of halogens is 1. The van der Waals surface area contributed by atoms with Gasteiger partial charge in [-0.05, 0) is 79.1 Å². The van der Waals surface area contributed by atoms with Crippen molar-refractivity contribution in [3.8, 4) is 22.8 Å². The van der Waals surface area contributed by atoms with Crippen molar-refractivity contribution >= 4 is 15.8 Å². The lowest BCUT2D eigenvalue weighted by molar-refractivity contribution is -0.139. The number of aromatic nitrogens is 1. The number of carboxylic acid groups (broad SMARTS) is 1. The molecule has 2 fully saturated rings. The summed E-state index contributed by atoms with van der Waals surface area (Å²) in [6.45, 7) is 1.92. The predicted molar refractivity (Wildman–Crippen MR) is 139 cm³/mol. The standard InChI is InChI=1S/C29H28FNO6S/c1-16-22(5-7-26(31-16)37-20-8-10-38(34,35)11-9-20)17-2-6-25(30)19(12-17)15-36-21-3-4-23-18(13-21)14-24-27(23)28(24)29(32)33/h2-7,12-13,20,24,27-28H,8-11,14-15H2,1H3,(H,32,33)/t24-,27+,28+/m1/s1. The van der Waals surface area contributed by atoms with E-state index < -0.39 is 15.8 Å². The first-order valence-corrected chi connectivity index (χ1v) is 14.6. The van der Waals surface area contributed by atoms with Crippen LogP contribution in [0.25, 0.3) is 11.1 Å². The smallest absolute Gasteiger partial charge is 0.307 e. The van der Waals surface area contributed by atoms with Crippen LogP contribution in [0.2, 0.25) is 0 Å². The molecule has 2 aliphatic carbocycles. The molecule has 1 saturated carbocycles. The summed E-state index contributed by atoms with van der Waals surface area (Å²) in [5.41, 5.74) is 4.99. The fourth-order valence-corrected chi connectivity index (χ4v) is 7.34. The van der Waals surface area contributed by atoms with Gasteiger partial charge in [0.05, 0.1) is 17.4 Å². The van der Waals surface area contributed by atoms with Gasteiger partial charge in [-0.25, -0.2) is 17.8 Å².